The van der Waals surface area contributed by atoms with Gasteiger partial charge in [-0.3, -0.25) is 0 Å². The first kappa shape index (κ1) is 23.9. The minimum absolute atomic E-state index is 0. The summed E-state index contributed by atoms with van der Waals surface area (Å²) < 4.78 is 0. The zero-order valence-electron chi connectivity index (χ0n) is 5.42. The van der Waals surface area contributed by atoms with Crippen LogP contribution in [0, 0.1) is 0 Å². The Morgan fingerprint density at radius 2 is 1.43 bits per heavy atom. The average Bonchev–Trinajstić information content (AvgIpc) is 1.46. The molecule has 0 fully saturated rings. The van der Waals surface area contributed by atoms with Crippen LogP contribution >= 0.6 is 12.6 Å². The fraction of sp³-hybridized carbons (Fsp3) is 1.00. The van der Waals surface area contributed by atoms with Gasteiger partial charge in [-0.05, 0) is 6.26 Å². The van der Waals surface area contributed by atoms with E-state index in [0.29, 0.717) is 0 Å². The topological polar surface area (TPSA) is 72.0 Å². The Labute approximate surface area is 72.9 Å². The molecular formula is CH9BNaO3S. The van der Waals surface area contributed by atoms with E-state index in [4.69, 9.17) is 10.0 Å². The second-order valence-electron chi connectivity index (χ2n) is 0.115. The van der Waals surface area contributed by atoms with E-state index < -0.39 is 0 Å². The van der Waals surface area contributed by atoms with Crippen molar-refractivity contribution >= 4 is 20.3 Å². The number of hydrogen-bond acceptors (Lipinski definition) is 3. The molecule has 0 saturated heterocycles. The van der Waals surface area contributed by atoms with E-state index in [1.807, 2.05) is 0 Å². The molecule has 0 aromatic carbocycles. The van der Waals surface area contributed by atoms with Gasteiger partial charge in [0.2, 0.25) is 0 Å². The minimum Gasteiger partial charge on any atom is -1.00 e. The number of rotatable bonds is 0. The van der Waals surface area contributed by atoms with Crippen LogP contribution in [0.15, 0.2) is 0 Å². The van der Waals surface area contributed by atoms with Gasteiger partial charge in [0.25, 0.3) is 0 Å². The summed E-state index contributed by atoms with van der Waals surface area (Å²) in [6.45, 7) is 0. The summed E-state index contributed by atoms with van der Waals surface area (Å²) in [6, 6.07) is 0. The molecule has 0 amide bonds. The zero-order chi connectivity index (χ0) is 4.71. The van der Waals surface area contributed by atoms with Crippen LogP contribution in [0.4, 0.5) is 0 Å². The van der Waals surface area contributed by atoms with Crippen molar-refractivity contribution in [3.8, 4) is 0 Å². The molecule has 7 heavy (non-hydrogen) atoms. The van der Waals surface area contributed by atoms with E-state index in [9.17, 15) is 0 Å². The van der Waals surface area contributed by atoms with Gasteiger partial charge in [-0.25, -0.2) is 0 Å². The van der Waals surface area contributed by atoms with Crippen LogP contribution < -0.4 is 29.6 Å². The van der Waals surface area contributed by atoms with Gasteiger partial charge in [-0.1, -0.05) is 0 Å². The fourth-order valence-electron chi connectivity index (χ4n) is 0. The first-order valence-corrected chi connectivity index (χ1v) is 1.86. The van der Waals surface area contributed by atoms with Crippen LogP contribution in [0.2, 0.25) is 0 Å². The second-order valence-corrected chi connectivity index (χ2v) is 0.115. The summed E-state index contributed by atoms with van der Waals surface area (Å²) in [4.78, 5) is 0. The van der Waals surface area contributed by atoms with E-state index in [1.165, 1.54) is 0 Å². The summed E-state index contributed by atoms with van der Waals surface area (Å²) in [5, 5.41) is 14.0. The van der Waals surface area contributed by atoms with Crippen molar-refractivity contribution in [3.05, 3.63) is 0 Å². The maximum absolute atomic E-state index is 7.00. The molecule has 6 heteroatoms. The van der Waals surface area contributed by atoms with Crippen molar-refractivity contribution in [2.75, 3.05) is 6.26 Å². The molecule has 3 nitrogen and oxygen atoms in total. The van der Waals surface area contributed by atoms with E-state index >= 15 is 0 Å². The Hall–Kier alpha value is 1.29. The van der Waals surface area contributed by atoms with Crippen molar-refractivity contribution in [1.82, 2.24) is 0 Å². The maximum Gasteiger partial charge on any atom is 1.00 e. The molecule has 0 heterocycles. The van der Waals surface area contributed by atoms with E-state index in [1.54, 1.807) is 6.26 Å². The molecule has 1 radical (unpaired) electrons. The summed E-state index contributed by atoms with van der Waals surface area (Å²) in [6.07, 6.45) is 1.69. The molecule has 4 N–H and O–H groups in total. The van der Waals surface area contributed by atoms with Crippen molar-refractivity contribution in [2.24, 2.45) is 0 Å². The molecule has 0 saturated carbocycles. The Balaban J connectivity index is -0.00000000567. The van der Waals surface area contributed by atoms with Crippen LogP contribution in [-0.4, -0.2) is 29.5 Å². The average molecular weight is 135 g/mol. The molecule has 0 bridgehead atoms. The third-order valence-corrected chi connectivity index (χ3v) is 0. The minimum atomic E-state index is 0. The van der Waals surface area contributed by atoms with Gasteiger partial charge in [0.15, 0.2) is 0 Å². The van der Waals surface area contributed by atoms with Crippen molar-refractivity contribution in [2.45, 2.75) is 0 Å². The van der Waals surface area contributed by atoms with Gasteiger partial charge in [0.05, 0.1) is 0 Å². The molecule has 0 unspecified atom stereocenters. The van der Waals surface area contributed by atoms with Gasteiger partial charge in [0, 0.05) is 0 Å². The summed E-state index contributed by atoms with van der Waals surface area (Å²) in [5.41, 5.74) is 0. The van der Waals surface area contributed by atoms with Crippen LogP contribution in [0.25, 0.3) is 0 Å². The third kappa shape index (κ3) is 122. The fourth-order valence-corrected chi connectivity index (χ4v) is 0. The second kappa shape index (κ2) is 54.9. The van der Waals surface area contributed by atoms with Crippen LogP contribution in [-0.2, 0) is 0 Å². The smallest absolute Gasteiger partial charge is 1.00 e. The van der Waals surface area contributed by atoms with E-state index in [0.717, 1.165) is 0 Å². The van der Waals surface area contributed by atoms with Crippen molar-refractivity contribution < 1.29 is 46.5 Å². The first-order valence-electron chi connectivity index (χ1n) is 0.964. The number of thiol groups is 1. The Bertz CT molecular complexity index is 19.2. The molecule has 0 aromatic rings. The van der Waals surface area contributed by atoms with Gasteiger partial charge in [-0.2, -0.15) is 12.6 Å². The largest absolute Gasteiger partial charge is 1.00 e. The molecule has 0 aliphatic rings. The normalized spacial score (nSPS) is 2.86. The standard InChI is InChI=1S/CH4S.BH2O2.Na.H2O.H/c1-2;2-1-3;;;/h2H,1H3;2-3H;;1H2;/q;;+1;;-1. The predicted molar refractivity (Wildman–Crippen MR) is 29.8 cm³/mol. The van der Waals surface area contributed by atoms with Crippen LogP contribution in [0.5, 0.6) is 0 Å². The molecule has 0 aliphatic heterocycles. The quantitative estimate of drug-likeness (QED) is 0.231. The van der Waals surface area contributed by atoms with E-state index in [-0.39, 0.29) is 44.1 Å². The van der Waals surface area contributed by atoms with Crippen molar-refractivity contribution in [1.29, 1.82) is 0 Å². The Kier molecular flexibility index (Phi) is 188. The Morgan fingerprint density at radius 1 is 1.43 bits per heavy atom. The molecule has 0 aromatic heterocycles. The molecule has 0 aliphatic carbocycles. The number of hydrogen-bond donors (Lipinski definition) is 3. The predicted octanol–water partition coefficient (Wildman–Crippen LogP) is -4.66. The third-order valence-electron chi connectivity index (χ3n) is 0. The summed E-state index contributed by atoms with van der Waals surface area (Å²) in [5.74, 6) is 0. The molecule has 0 rings (SSSR count). The monoisotopic (exact) mass is 135 g/mol. The van der Waals surface area contributed by atoms with Gasteiger partial charge < -0.3 is 17.0 Å². The van der Waals surface area contributed by atoms with Crippen LogP contribution in [0.3, 0.4) is 0 Å². The molecular weight excluding hydrogens is 126 g/mol. The van der Waals surface area contributed by atoms with Gasteiger partial charge in [0.1, 0.15) is 0 Å². The zero-order valence-corrected chi connectivity index (χ0v) is 7.31. The van der Waals surface area contributed by atoms with Crippen molar-refractivity contribution in [3.63, 3.8) is 0 Å². The van der Waals surface area contributed by atoms with Crippen LogP contribution in [0.1, 0.15) is 1.43 Å². The Morgan fingerprint density at radius 3 is 1.43 bits per heavy atom. The van der Waals surface area contributed by atoms with E-state index in [2.05, 4.69) is 12.6 Å². The van der Waals surface area contributed by atoms with Gasteiger partial charge >= 0.3 is 37.2 Å². The first-order chi connectivity index (χ1) is 2.41. The SMILES string of the molecule is CS.O.O[B]O.[H-].[Na+]. The van der Waals surface area contributed by atoms with Gasteiger partial charge in [-0.15, -0.1) is 0 Å². The summed E-state index contributed by atoms with van der Waals surface area (Å²) >= 11 is 3.53. The molecule has 0 spiro atoms. The molecule has 41 valence electrons. The maximum atomic E-state index is 7.00. The summed E-state index contributed by atoms with van der Waals surface area (Å²) in [7, 11) is 0. The molecule has 0 atom stereocenters.